The molecule has 1 aliphatic carbocycles. The summed E-state index contributed by atoms with van der Waals surface area (Å²) < 4.78 is 5.75. The van der Waals surface area contributed by atoms with Crippen molar-refractivity contribution in [3.05, 3.63) is 65.7 Å². The first-order valence-electron chi connectivity index (χ1n) is 8.39. The first-order chi connectivity index (χ1) is 11.3. The van der Waals surface area contributed by atoms with Crippen molar-refractivity contribution in [1.82, 2.24) is 5.32 Å². The van der Waals surface area contributed by atoms with Crippen molar-refractivity contribution in [3.63, 3.8) is 0 Å². The van der Waals surface area contributed by atoms with Crippen LogP contribution in [0.1, 0.15) is 48.0 Å². The lowest BCUT2D eigenvalue weighted by Gasteiger charge is -2.22. The van der Waals surface area contributed by atoms with Crippen molar-refractivity contribution in [2.45, 2.75) is 44.8 Å². The van der Waals surface area contributed by atoms with Crippen molar-refractivity contribution < 1.29 is 9.53 Å². The summed E-state index contributed by atoms with van der Waals surface area (Å²) >= 11 is 0. The standard InChI is InChI=1S/C20H23NO2/c22-20(21-18-9-5-2-6-10-18)17-11-13-19(14-12-17)23-15-16-7-3-1-4-8-16/h1,3-4,7-8,11-14,18H,2,5-6,9-10,15H2,(H,21,22). The van der Waals surface area contributed by atoms with Crippen LogP contribution in [-0.2, 0) is 6.61 Å². The van der Waals surface area contributed by atoms with Crippen LogP contribution in [0.25, 0.3) is 0 Å². The molecular formula is C20H23NO2. The Morgan fingerprint density at radius 1 is 0.957 bits per heavy atom. The molecule has 0 atom stereocenters. The zero-order valence-electron chi connectivity index (χ0n) is 13.3. The monoisotopic (exact) mass is 309 g/mol. The number of benzene rings is 2. The fourth-order valence-electron chi connectivity index (χ4n) is 2.96. The zero-order valence-corrected chi connectivity index (χ0v) is 13.3. The highest BCUT2D eigenvalue weighted by Crippen LogP contribution is 2.19. The summed E-state index contributed by atoms with van der Waals surface area (Å²) in [6.07, 6.45) is 5.93. The number of rotatable bonds is 5. The Morgan fingerprint density at radius 3 is 2.35 bits per heavy atom. The molecule has 2 aromatic rings. The number of hydrogen-bond acceptors (Lipinski definition) is 2. The highest BCUT2D eigenvalue weighted by atomic mass is 16.5. The molecule has 1 aliphatic rings. The molecule has 0 bridgehead atoms. The molecule has 120 valence electrons. The van der Waals surface area contributed by atoms with Crippen molar-refractivity contribution >= 4 is 5.91 Å². The van der Waals surface area contributed by atoms with Crippen LogP contribution in [0.3, 0.4) is 0 Å². The van der Waals surface area contributed by atoms with Gasteiger partial charge in [-0.05, 0) is 42.7 Å². The lowest BCUT2D eigenvalue weighted by Crippen LogP contribution is -2.36. The highest BCUT2D eigenvalue weighted by molar-refractivity contribution is 5.94. The molecule has 3 rings (SSSR count). The van der Waals surface area contributed by atoms with E-state index in [1.807, 2.05) is 54.6 Å². The third-order valence-electron chi connectivity index (χ3n) is 4.31. The Kier molecular flexibility index (Phi) is 5.30. The molecule has 23 heavy (non-hydrogen) atoms. The SMILES string of the molecule is O=C(NC1CCCCC1)c1ccc(OCc2ccccc2)cc1. The predicted octanol–water partition coefficient (Wildman–Crippen LogP) is 4.33. The lowest BCUT2D eigenvalue weighted by molar-refractivity contribution is 0.0927. The second-order valence-electron chi connectivity index (χ2n) is 6.11. The van der Waals surface area contributed by atoms with Gasteiger partial charge in [0.2, 0.25) is 0 Å². The third kappa shape index (κ3) is 4.59. The van der Waals surface area contributed by atoms with Gasteiger partial charge in [-0.3, -0.25) is 4.79 Å². The second-order valence-corrected chi connectivity index (χ2v) is 6.11. The van der Waals surface area contributed by atoms with Crippen LogP contribution in [0.4, 0.5) is 0 Å². The first-order valence-corrected chi connectivity index (χ1v) is 8.39. The maximum atomic E-state index is 12.3. The normalized spacial score (nSPS) is 15.1. The van der Waals surface area contributed by atoms with Gasteiger partial charge < -0.3 is 10.1 Å². The van der Waals surface area contributed by atoms with E-state index < -0.39 is 0 Å². The Balaban J connectivity index is 1.52. The summed E-state index contributed by atoms with van der Waals surface area (Å²) in [5.41, 5.74) is 1.83. The first kappa shape index (κ1) is 15.6. The summed E-state index contributed by atoms with van der Waals surface area (Å²) in [7, 11) is 0. The van der Waals surface area contributed by atoms with Crippen LogP contribution in [0.15, 0.2) is 54.6 Å². The quantitative estimate of drug-likeness (QED) is 0.893. The van der Waals surface area contributed by atoms with E-state index in [4.69, 9.17) is 4.74 Å². The van der Waals surface area contributed by atoms with Gasteiger partial charge in [-0.25, -0.2) is 0 Å². The number of ether oxygens (including phenoxy) is 1. The molecule has 3 heteroatoms. The van der Waals surface area contributed by atoms with Gasteiger partial charge >= 0.3 is 0 Å². The molecule has 0 radical (unpaired) electrons. The minimum absolute atomic E-state index is 0.0199. The lowest BCUT2D eigenvalue weighted by atomic mass is 9.95. The molecule has 1 fully saturated rings. The van der Waals surface area contributed by atoms with Crippen LogP contribution >= 0.6 is 0 Å². The molecule has 3 nitrogen and oxygen atoms in total. The third-order valence-corrected chi connectivity index (χ3v) is 4.31. The van der Waals surface area contributed by atoms with E-state index in [0.29, 0.717) is 18.2 Å². The molecule has 0 spiro atoms. The average molecular weight is 309 g/mol. The molecule has 0 unspecified atom stereocenters. The Hall–Kier alpha value is -2.29. The maximum absolute atomic E-state index is 12.3. The summed E-state index contributed by atoms with van der Waals surface area (Å²) in [5.74, 6) is 0.801. The van der Waals surface area contributed by atoms with Gasteiger partial charge in [0.1, 0.15) is 12.4 Å². The Bertz CT molecular complexity index is 616. The van der Waals surface area contributed by atoms with E-state index in [0.717, 1.165) is 24.2 Å². The van der Waals surface area contributed by atoms with Crippen molar-refractivity contribution in [2.75, 3.05) is 0 Å². The van der Waals surface area contributed by atoms with Gasteiger partial charge in [-0.15, -0.1) is 0 Å². The van der Waals surface area contributed by atoms with Gasteiger partial charge in [-0.2, -0.15) is 0 Å². The van der Waals surface area contributed by atoms with Gasteiger partial charge in [0.05, 0.1) is 0 Å². The molecule has 2 aromatic carbocycles. The zero-order chi connectivity index (χ0) is 15.9. The summed E-state index contributed by atoms with van der Waals surface area (Å²) in [6, 6.07) is 17.8. The predicted molar refractivity (Wildman–Crippen MR) is 91.6 cm³/mol. The number of nitrogens with one attached hydrogen (secondary N) is 1. The van der Waals surface area contributed by atoms with Gasteiger partial charge in [0.15, 0.2) is 0 Å². The van der Waals surface area contributed by atoms with Crippen LogP contribution in [0.2, 0.25) is 0 Å². The van der Waals surface area contributed by atoms with Gasteiger partial charge in [0.25, 0.3) is 5.91 Å². The number of carbonyl (C=O) groups is 1. The molecule has 1 N–H and O–H groups in total. The van der Waals surface area contributed by atoms with Crippen LogP contribution < -0.4 is 10.1 Å². The molecule has 0 saturated heterocycles. The molecule has 1 amide bonds. The van der Waals surface area contributed by atoms with E-state index in [9.17, 15) is 4.79 Å². The highest BCUT2D eigenvalue weighted by Gasteiger charge is 2.16. The minimum Gasteiger partial charge on any atom is -0.489 e. The molecule has 1 saturated carbocycles. The number of amides is 1. The van der Waals surface area contributed by atoms with Crippen LogP contribution in [0, 0.1) is 0 Å². The summed E-state index contributed by atoms with van der Waals surface area (Å²) in [4.78, 5) is 12.3. The Morgan fingerprint density at radius 2 is 1.65 bits per heavy atom. The summed E-state index contributed by atoms with van der Waals surface area (Å²) in [5, 5.41) is 3.13. The number of carbonyl (C=O) groups excluding carboxylic acids is 1. The van der Waals surface area contributed by atoms with Gasteiger partial charge in [0, 0.05) is 11.6 Å². The van der Waals surface area contributed by atoms with Crippen molar-refractivity contribution in [3.8, 4) is 5.75 Å². The fraction of sp³-hybridized carbons (Fsp3) is 0.350. The van der Waals surface area contributed by atoms with E-state index in [1.165, 1.54) is 19.3 Å². The summed E-state index contributed by atoms with van der Waals surface area (Å²) in [6.45, 7) is 0.536. The van der Waals surface area contributed by atoms with Crippen molar-refractivity contribution in [2.24, 2.45) is 0 Å². The van der Waals surface area contributed by atoms with Gasteiger partial charge in [-0.1, -0.05) is 49.6 Å². The fourth-order valence-corrected chi connectivity index (χ4v) is 2.96. The van der Waals surface area contributed by atoms with E-state index in [2.05, 4.69) is 5.32 Å². The van der Waals surface area contributed by atoms with E-state index in [1.54, 1.807) is 0 Å². The van der Waals surface area contributed by atoms with Crippen LogP contribution in [-0.4, -0.2) is 11.9 Å². The smallest absolute Gasteiger partial charge is 0.251 e. The molecular weight excluding hydrogens is 286 g/mol. The topological polar surface area (TPSA) is 38.3 Å². The largest absolute Gasteiger partial charge is 0.489 e. The average Bonchev–Trinajstić information content (AvgIpc) is 2.62. The van der Waals surface area contributed by atoms with Crippen molar-refractivity contribution in [1.29, 1.82) is 0 Å². The van der Waals surface area contributed by atoms with E-state index >= 15 is 0 Å². The molecule has 0 aromatic heterocycles. The molecule has 0 heterocycles. The molecule has 0 aliphatic heterocycles. The minimum atomic E-state index is 0.0199. The Labute approximate surface area is 137 Å². The number of hydrogen-bond donors (Lipinski definition) is 1. The second kappa shape index (κ2) is 7.82. The maximum Gasteiger partial charge on any atom is 0.251 e. The van der Waals surface area contributed by atoms with Crippen LogP contribution in [0.5, 0.6) is 5.75 Å². The van der Waals surface area contributed by atoms with E-state index in [-0.39, 0.29) is 5.91 Å².